The van der Waals surface area contributed by atoms with E-state index in [1.807, 2.05) is 6.26 Å². The van der Waals surface area contributed by atoms with Crippen LogP contribution in [0.3, 0.4) is 0 Å². The van der Waals surface area contributed by atoms with Gasteiger partial charge in [0.15, 0.2) is 5.82 Å². The summed E-state index contributed by atoms with van der Waals surface area (Å²) in [4.78, 5) is 19.9. The van der Waals surface area contributed by atoms with Crippen molar-refractivity contribution in [3.05, 3.63) is 16.8 Å². The Morgan fingerprint density at radius 1 is 1.29 bits per heavy atom. The summed E-state index contributed by atoms with van der Waals surface area (Å²) < 4.78 is 3.09. The van der Waals surface area contributed by atoms with Gasteiger partial charge in [-0.15, -0.1) is 11.8 Å². The van der Waals surface area contributed by atoms with Gasteiger partial charge in [-0.05, 0) is 6.26 Å². The van der Waals surface area contributed by atoms with E-state index in [0.29, 0.717) is 5.82 Å². The zero-order valence-electron chi connectivity index (χ0n) is 8.18. The molecular weight excluding hydrogens is 200 g/mol. The SMILES string of the molecule is CSc1c2ncnc-2n(C)c(=O)n1C. The summed E-state index contributed by atoms with van der Waals surface area (Å²) in [5.74, 6) is 0.637. The summed E-state index contributed by atoms with van der Waals surface area (Å²) in [6.07, 6.45) is 3.40. The molecule has 2 rings (SSSR count). The van der Waals surface area contributed by atoms with Crippen LogP contribution in [0, 0.1) is 0 Å². The quantitative estimate of drug-likeness (QED) is 0.503. The first-order valence-corrected chi connectivity index (χ1v) is 5.29. The average molecular weight is 210 g/mol. The fourth-order valence-electron chi connectivity index (χ4n) is 1.45. The van der Waals surface area contributed by atoms with E-state index in [-0.39, 0.29) is 5.69 Å². The third-order valence-electron chi connectivity index (χ3n) is 2.17. The van der Waals surface area contributed by atoms with Gasteiger partial charge in [0.2, 0.25) is 0 Å². The van der Waals surface area contributed by atoms with Gasteiger partial charge in [0.1, 0.15) is 17.0 Å². The van der Waals surface area contributed by atoms with Crippen molar-refractivity contribution in [3.8, 4) is 11.5 Å². The minimum Gasteiger partial charge on any atom is -0.289 e. The van der Waals surface area contributed by atoms with E-state index in [9.17, 15) is 4.79 Å². The summed E-state index contributed by atoms with van der Waals surface area (Å²) in [5.41, 5.74) is 0.699. The smallest absolute Gasteiger partial charge is 0.289 e. The van der Waals surface area contributed by atoms with Gasteiger partial charge in [-0.2, -0.15) is 0 Å². The molecule has 0 saturated heterocycles. The predicted molar refractivity (Wildman–Crippen MR) is 54.6 cm³/mol. The normalized spacial score (nSPS) is 11.1. The van der Waals surface area contributed by atoms with E-state index in [4.69, 9.17) is 0 Å². The second kappa shape index (κ2) is 3.13. The molecule has 2 aliphatic rings. The highest BCUT2D eigenvalue weighted by Gasteiger charge is 2.18. The Labute approximate surface area is 85.1 Å². The number of fused-ring (bicyclic) bond motifs is 1. The van der Waals surface area contributed by atoms with E-state index < -0.39 is 0 Å². The van der Waals surface area contributed by atoms with E-state index in [0.717, 1.165) is 10.7 Å². The maximum absolute atomic E-state index is 11.7. The van der Waals surface area contributed by atoms with Crippen molar-refractivity contribution < 1.29 is 0 Å². The summed E-state index contributed by atoms with van der Waals surface area (Å²) in [6.45, 7) is 0. The molecule has 0 saturated carbocycles. The minimum atomic E-state index is -0.0812. The van der Waals surface area contributed by atoms with Crippen molar-refractivity contribution in [3.63, 3.8) is 0 Å². The van der Waals surface area contributed by atoms with Crippen LogP contribution >= 0.6 is 11.8 Å². The predicted octanol–water partition coefficient (Wildman–Crippen LogP) is 0.340. The molecule has 0 aromatic rings. The molecule has 0 unspecified atom stereocenters. The van der Waals surface area contributed by atoms with Crippen LogP contribution in [0.5, 0.6) is 0 Å². The first kappa shape index (κ1) is 9.26. The lowest BCUT2D eigenvalue weighted by molar-refractivity contribution is 0.650. The first-order chi connectivity index (χ1) is 6.66. The highest BCUT2D eigenvalue weighted by molar-refractivity contribution is 7.98. The lowest BCUT2D eigenvalue weighted by Crippen LogP contribution is -2.30. The molecule has 0 bridgehead atoms. The molecule has 6 heteroatoms. The molecule has 0 spiro atoms. The fourth-order valence-corrected chi connectivity index (χ4v) is 2.14. The van der Waals surface area contributed by atoms with Crippen LogP contribution in [-0.2, 0) is 14.1 Å². The van der Waals surface area contributed by atoms with Crippen LogP contribution in [0.25, 0.3) is 11.5 Å². The second-order valence-electron chi connectivity index (χ2n) is 2.96. The van der Waals surface area contributed by atoms with Crippen molar-refractivity contribution in [2.24, 2.45) is 14.1 Å². The van der Waals surface area contributed by atoms with Crippen molar-refractivity contribution >= 4 is 11.8 Å². The molecule has 14 heavy (non-hydrogen) atoms. The number of aromatic nitrogens is 4. The maximum atomic E-state index is 11.7. The number of hydrogen-bond donors (Lipinski definition) is 0. The summed E-state index contributed by atoms with van der Waals surface area (Å²) in [7, 11) is 3.44. The van der Waals surface area contributed by atoms with Crippen molar-refractivity contribution in [2.75, 3.05) is 6.26 Å². The molecule has 0 radical (unpaired) electrons. The molecule has 2 heterocycles. The zero-order chi connectivity index (χ0) is 10.3. The number of nitrogens with zero attached hydrogens (tertiary/aromatic N) is 4. The van der Waals surface area contributed by atoms with Gasteiger partial charge < -0.3 is 0 Å². The molecule has 0 N–H and O–H groups in total. The van der Waals surface area contributed by atoms with E-state index in [2.05, 4.69) is 9.97 Å². The van der Waals surface area contributed by atoms with Gasteiger partial charge in [0, 0.05) is 14.1 Å². The Morgan fingerprint density at radius 3 is 2.64 bits per heavy atom. The van der Waals surface area contributed by atoms with Crippen LogP contribution < -0.4 is 5.69 Å². The van der Waals surface area contributed by atoms with Crippen LogP contribution in [-0.4, -0.2) is 25.4 Å². The minimum absolute atomic E-state index is 0.0812. The molecule has 0 aromatic carbocycles. The molecule has 74 valence electrons. The third-order valence-corrected chi connectivity index (χ3v) is 3.02. The Bertz CT molecular complexity index is 501. The zero-order valence-corrected chi connectivity index (χ0v) is 9.00. The van der Waals surface area contributed by atoms with Gasteiger partial charge in [-0.1, -0.05) is 0 Å². The van der Waals surface area contributed by atoms with Crippen LogP contribution in [0.2, 0.25) is 0 Å². The van der Waals surface area contributed by atoms with Gasteiger partial charge >= 0.3 is 5.69 Å². The second-order valence-corrected chi connectivity index (χ2v) is 3.75. The molecule has 5 nitrogen and oxygen atoms in total. The Morgan fingerprint density at radius 2 is 2.00 bits per heavy atom. The summed E-state index contributed by atoms with van der Waals surface area (Å²) >= 11 is 1.50. The molecule has 0 amide bonds. The van der Waals surface area contributed by atoms with E-state index in [1.54, 1.807) is 18.7 Å². The Kier molecular flexibility index (Phi) is 2.07. The van der Waals surface area contributed by atoms with Crippen molar-refractivity contribution in [2.45, 2.75) is 5.03 Å². The molecule has 0 aliphatic carbocycles. The molecule has 0 fully saturated rings. The molecule has 0 atom stereocenters. The van der Waals surface area contributed by atoms with Crippen molar-refractivity contribution in [1.82, 2.24) is 19.1 Å². The van der Waals surface area contributed by atoms with Gasteiger partial charge in [0.25, 0.3) is 0 Å². The van der Waals surface area contributed by atoms with E-state index in [1.165, 1.54) is 22.7 Å². The molecular formula is C8H10N4OS. The number of imidazole rings is 1. The van der Waals surface area contributed by atoms with E-state index >= 15 is 0 Å². The highest BCUT2D eigenvalue weighted by Crippen LogP contribution is 2.25. The average Bonchev–Trinajstić information content (AvgIpc) is 2.64. The lowest BCUT2D eigenvalue weighted by Gasteiger charge is -2.12. The molecule has 0 aromatic heterocycles. The lowest BCUT2D eigenvalue weighted by atomic mass is 10.4. The van der Waals surface area contributed by atoms with Crippen molar-refractivity contribution in [1.29, 1.82) is 0 Å². The Hall–Kier alpha value is -1.30. The number of rotatable bonds is 1. The highest BCUT2D eigenvalue weighted by atomic mass is 32.2. The monoisotopic (exact) mass is 210 g/mol. The third kappa shape index (κ3) is 1.07. The number of thioether (sulfide) groups is 1. The summed E-state index contributed by atoms with van der Waals surface area (Å²) in [6, 6.07) is 0. The molecule has 2 aliphatic heterocycles. The first-order valence-electron chi connectivity index (χ1n) is 4.07. The fraction of sp³-hybridized carbons (Fsp3) is 0.375. The van der Waals surface area contributed by atoms with Gasteiger partial charge in [-0.25, -0.2) is 14.8 Å². The van der Waals surface area contributed by atoms with Crippen LogP contribution in [0.15, 0.2) is 16.1 Å². The summed E-state index contributed by atoms with van der Waals surface area (Å²) in [5, 5.41) is 0.848. The van der Waals surface area contributed by atoms with Gasteiger partial charge in [-0.3, -0.25) is 9.13 Å². The number of hydrogen-bond acceptors (Lipinski definition) is 4. The van der Waals surface area contributed by atoms with Gasteiger partial charge in [0.05, 0.1) is 0 Å². The largest absolute Gasteiger partial charge is 0.330 e. The maximum Gasteiger partial charge on any atom is 0.330 e. The standard InChI is InChI=1S/C8H10N4OS/c1-11-6-5(9-4-10-6)7(14-3)12(2)8(11)13/h4H,1-3H3. The Balaban J connectivity index is 2.94. The topological polar surface area (TPSA) is 52.7 Å². The van der Waals surface area contributed by atoms with Crippen LogP contribution in [0.1, 0.15) is 0 Å². The van der Waals surface area contributed by atoms with Crippen LogP contribution in [0.4, 0.5) is 0 Å².